The standard InChI is InChI=1S/C22H20N4OS/c1-3-14-26-21(17-9-12-19(27-2)13-10-17)24-25-22(26)28-15-18-11-8-16-6-4-5-7-20(16)23-18/h3-13H,1,14-15H2,2H3. The molecular formula is C22H20N4OS. The van der Waals surface area contributed by atoms with Gasteiger partial charge in [0.1, 0.15) is 5.75 Å². The molecule has 28 heavy (non-hydrogen) atoms. The molecule has 0 saturated carbocycles. The van der Waals surface area contributed by atoms with Crippen LogP contribution >= 0.6 is 11.8 Å². The van der Waals surface area contributed by atoms with Gasteiger partial charge in [0.15, 0.2) is 11.0 Å². The Balaban J connectivity index is 1.58. The molecule has 0 atom stereocenters. The maximum atomic E-state index is 5.24. The lowest BCUT2D eigenvalue weighted by Gasteiger charge is -2.08. The number of benzene rings is 2. The van der Waals surface area contributed by atoms with Crippen molar-refractivity contribution in [2.24, 2.45) is 0 Å². The van der Waals surface area contributed by atoms with Crippen LogP contribution < -0.4 is 4.74 Å². The van der Waals surface area contributed by atoms with Gasteiger partial charge in [-0.05, 0) is 36.4 Å². The summed E-state index contributed by atoms with van der Waals surface area (Å²) in [6.45, 7) is 4.51. The van der Waals surface area contributed by atoms with Crippen LogP contribution in [0.15, 0.2) is 78.5 Å². The first-order chi connectivity index (χ1) is 13.8. The van der Waals surface area contributed by atoms with Gasteiger partial charge in [-0.3, -0.25) is 9.55 Å². The van der Waals surface area contributed by atoms with Gasteiger partial charge in [-0.15, -0.1) is 16.8 Å². The summed E-state index contributed by atoms with van der Waals surface area (Å²) < 4.78 is 7.31. The fraction of sp³-hybridized carbons (Fsp3) is 0.136. The van der Waals surface area contributed by atoms with Crippen LogP contribution in [0.5, 0.6) is 5.75 Å². The average molecular weight is 388 g/mol. The van der Waals surface area contributed by atoms with Gasteiger partial charge in [0, 0.05) is 23.2 Å². The number of thioether (sulfide) groups is 1. The monoisotopic (exact) mass is 388 g/mol. The zero-order valence-corrected chi connectivity index (χ0v) is 16.4. The largest absolute Gasteiger partial charge is 0.497 e. The van der Waals surface area contributed by atoms with Gasteiger partial charge in [0.25, 0.3) is 0 Å². The van der Waals surface area contributed by atoms with Crippen LogP contribution in [0, 0.1) is 0 Å². The first-order valence-corrected chi connectivity index (χ1v) is 9.93. The maximum absolute atomic E-state index is 5.24. The number of ether oxygens (including phenoxy) is 1. The summed E-state index contributed by atoms with van der Waals surface area (Å²) in [6, 6.07) is 20.1. The molecule has 6 heteroatoms. The van der Waals surface area contributed by atoms with E-state index in [1.807, 2.05) is 48.5 Å². The molecule has 4 rings (SSSR count). The van der Waals surface area contributed by atoms with Crippen LogP contribution in [0.3, 0.4) is 0 Å². The highest BCUT2D eigenvalue weighted by Gasteiger charge is 2.14. The highest BCUT2D eigenvalue weighted by Crippen LogP contribution is 2.27. The molecule has 0 N–H and O–H groups in total. The lowest BCUT2D eigenvalue weighted by atomic mass is 10.2. The van der Waals surface area contributed by atoms with Gasteiger partial charge < -0.3 is 4.74 Å². The quantitative estimate of drug-likeness (QED) is 0.330. The van der Waals surface area contributed by atoms with Crippen molar-refractivity contribution in [1.82, 2.24) is 19.7 Å². The van der Waals surface area contributed by atoms with Gasteiger partial charge in [0.2, 0.25) is 0 Å². The molecule has 5 nitrogen and oxygen atoms in total. The highest BCUT2D eigenvalue weighted by atomic mass is 32.2. The fourth-order valence-corrected chi connectivity index (χ4v) is 3.82. The van der Waals surface area contributed by atoms with Crippen LogP contribution in [0.1, 0.15) is 5.69 Å². The van der Waals surface area contributed by atoms with Crippen molar-refractivity contribution in [2.75, 3.05) is 7.11 Å². The number of methoxy groups -OCH3 is 1. The van der Waals surface area contributed by atoms with Crippen LogP contribution in [0.25, 0.3) is 22.3 Å². The number of allylic oxidation sites excluding steroid dienone is 1. The Morgan fingerprint density at radius 2 is 1.86 bits per heavy atom. The Morgan fingerprint density at radius 3 is 2.64 bits per heavy atom. The molecule has 0 saturated heterocycles. The molecule has 4 aromatic rings. The third kappa shape index (κ3) is 3.77. The predicted octanol–water partition coefficient (Wildman–Crippen LogP) is 4.98. The Kier molecular flexibility index (Phi) is 5.39. The zero-order valence-electron chi connectivity index (χ0n) is 15.6. The number of pyridine rings is 1. The van der Waals surface area contributed by atoms with Gasteiger partial charge in [0.05, 0.1) is 18.3 Å². The number of rotatable bonds is 7. The SMILES string of the molecule is C=CCn1c(SCc2ccc3ccccc3n2)nnc1-c1ccc(OC)cc1. The summed E-state index contributed by atoms with van der Waals surface area (Å²) in [6.07, 6.45) is 1.86. The van der Waals surface area contributed by atoms with Gasteiger partial charge in [-0.1, -0.05) is 42.1 Å². The average Bonchev–Trinajstić information content (AvgIpc) is 3.15. The van der Waals surface area contributed by atoms with Crippen molar-refractivity contribution in [3.8, 4) is 17.1 Å². The van der Waals surface area contributed by atoms with E-state index >= 15 is 0 Å². The number of nitrogens with zero attached hydrogens (tertiary/aromatic N) is 4. The van der Waals surface area contributed by atoms with Gasteiger partial charge in [-0.2, -0.15) is 0 Å². The normalized spacial score (nSPS) is 10.9. The summed E-state index contributed by atoms with van der Waals surface area (Å²) in [5.41, 5.74) is 3.01. The number of hydrogen-bond donors (Lipinski definition) is 0. The molecule has 2 aromatic carbocycles. The molecule has 2 heterocycles. The second-order valence-electron chi connectivity index (χ2n) is 6.22. The van der Waals surface area contributed by atoms with Gasteiger partial charge >= 0.3 is 0 Å². The molecule has 0 unspecified atom stereocenters. The van der Waals surface area contributed by atoms with Crippen molar-refractivity contribution in [2.45, 2.75) is 17.5 Å². The Bertz CT molecular complexity index is 1110. The fourth-order valence-electron chi connectivity index (χ4n) is 2.97. The second-order valence-corrected chi connectivity index (χ2v) is 7.16. The highest BCUT2D eigenvalue weighted by molar-refractivity contribution is 7.98. The molecule has 0 bridgehead atoms. The molecule has 2 aromatic heterocycles. The number of para-hydroxylation sites is 1. The molecule has 0 aliphatic carbocycles. The Labute approximate surface area is 168 Å². The minimum atomic E-state index is 0.641. The van der Waals surface area contributed by atoms with Crippen molar-refractivity contribution >= 4 is 22.7 Å². The molecule has 0 aliphatic rings. The summed E-state index contributed by atoms with van der Waals surface area (Å²) in [5.74, 6) is 2.36. The van der Waals surface area contributed by atoms with Crippen molar-refractivity contribution in [3.63, 3.8) is 0 Å². The molecule has 140 valence electrons. The molecule has 0 aliphatic heterocycles. The second kappa shape index (κ2) is 8.27. The summed E-state index contributed by atoms with van der Waals surface area (Å²) in [5, 5.41) is 10.8. The topological polar surface area (TPSA) is 52.8 Å². The van der Waals surface area contributed by atoms with E-state index < -0.39 is 0 Å². The third-order valence-corrected chi connectivity index (χ3v) is 5.38. The van der Waals surface area contributed by atoms with E-state index in [1.165, 1.54) is 0 Å². The molecular weight excluding hydrogens is 368 g/mol. The van der Waals surface area contributed by atoms with E-state index in [9.17, 15) is 0 Å². The lowest BCUT2D eigenvalue weighted by Crippen LogP contribution is -2.01. The smallest absolute Gasteiger partial charge is 0.192 e. The van der Waals surface area contributed by atoms with Crippen LogP contribution in [0.2, 0.25) is 0 Å². The van der Waals surface area contributed by atoms with Crippen molar-refractivity contribution in [3.05, 3.63) is 79.0 Å². The molecule has 0 spiro atoms. The molecule has 0 fully saturated rings. The van der Waals surface area contributed by atoms with E-state index in [1.54, 1.807) is 18.9 Å². The summed E-state index contributed by atoms with van der Waals surface area (Å²) in [7, 11) is 1.66. The Hall–Kier alpha value is -3.12. The van der Waals surface area contributed by atoms with E-state index in [0.29, 0.717) is 6.54 Å². The number of fused-ring (bicyclic) bond motifs is 1. The summed E-state index contributed by atoms with van der Waals surface area (Å²) in [4.78, 5) is 4.74. The molecule has 0 amide bonds. The van der Waals surface area contributed by atoms with Crippen LogP contribution in [-0.2, 0) is 12.3 Å². The van der Waals surface area contributed by atoms with E-state index in [0.717, 1.165) is 44.6 Å². The first-order valence-electron chi connectivity index (χ1n) is 8.94. The minimum Gasteiger partial charge on any atom is -0.497 e. The summed E-state index contributed by atoms with van der Waals surface area (Å²) >= 11 is 1.63. The first kappa shape index (κ1) is 18.3. The van der Waals surface area contributed by atoms with E-state index in [4.69, 9.17) is 9.72 Å². The van der Waals surface area contributed by atoms with E-state index in [-0.39, 0.29) is 0 Å². The number of hydrogen-bond acceptors (Lipinski definition) is 5. The van der Waals surface area contributed by atoms with Crippen molar-refractivity contribution < 1.29 is 4.74 Å². The van der Waals surface area contributed by atoms with Crippen LogP contribution in [-0.4, -0.2) is 26.9 Å². The van der Waals surface area contributed by atoms with Gasteiger partial charge in [-0.25, -0.2) is 0 Å². The maximum Gasteiger partial charge on any atom is 0.192 e. The Morgan fingerprint density at radius 1 is 1.04 bits per heavy atom. The number of aromatic nitrogens is 4. The minimum absolute atomic E-state index is 0.641. The predicted molar refractivity (Wildman–Crippen MR) is 114 cm³/mol. The zero-order chi connectivity index (χ0) is 19.3. The van der Waals surface area contributed by atoms with Crippen LogP contribution in [0.4, 0.5) is 0 Å². The van der Waals surface area contributed by atoms with E-state index in [2.05, 4.69) is 39.5 Å². The third-order valence-electron chi connectivity index (χ3n) is 4.38. The lowest BCUT2D eigenvalue weighted by molar-refractivity contribution is 0.415. The molecule has 0 radical (unpaired) electrons. The van der Waals surface area contributed by atoms with Crippen molar-refractivity contribution in [1.29, 1.82) is 0 Å².